The molecule has 2 nitrogen and oxygen atoms in total. The molecule has 0 radical (unpaired) electrons. The first kappa shape index (κ1) is 10.1. The number of hydrogen-bond donors (Lipinski definition) is 1. The predicted octanol–water partition coefficient (Wildman–Crippen LogP) is 2.59. The smallest absolute Gasteiger partial charge is 0.127 e. The van der Waals surface area contributed by atoms with Gasteiger partial charge >= 0.3 is 0 Å². The van der Waals surface area contributed by atoms with Crippen LogP contribution in [0, 0.1) is 0 Å². The first-order valence-electron chi connectivity index (χ1n) is 4.99. The zero-order valence-electron chi connectivity index (χ0n) is 8.36. The number of fused-ring (bicyclic) bond motifs is 1. The van der Waals surface area contributed by atoms with E-state index in [2.05, 4.69) is 4.98 Å². The second kappa shape index (κ2) is 4.36. The number of aromatic nitrogens is 1. The van der Waals surface area contributed by atoms with Crippen molar-refractivity contribution >= 4 is 10.8 Å². The summed E-state index contributed by atoms with van der Waals surface area (Å²) < 4.78 is 13.8. The summed E-state index contributed by atoms with van der Waals surface area (Å²) in [6, 6.07) is 7.43. The summed E-state index contributed by atoms with van der Waals surface area (Å²) in [5.41, 5.74) is 6.07. The van der Waals surface area contributed by atoms with Crippen LogP contribution in [0.3, 0.4) is 0 Å². The molecule has 1 atom stereocenters. The summed E-state index contributed by atoms with van der Waals surface area (Å²) >= 11 is 0. The molecule has 0 spiro atoms. The number of benzene rings is 1. The monoisotopic (exact) mass is 204 g/mol. The summed E-state index contributed by atoms with van der Waals surface area (Å²) in [5, 5.41) is 1.89. The molecule has 78 valence electrons. The average Bonchev–Trinajstić information content (AvgIpc) is 2.28. The van der Waals surface area contributed by atoms with Crippen molar-refractivity contribution in [2.75, 3.05) is 6.54 Å². The van der Waals surface area contributed by atoms with Gasteiger partial charge in [-0.2, -0.15) is 0 Å². The number of nitrogens with two attached hydrogens (primary N) is 1. The third kappa shape index (κ3) is 1.97. The minimum Gasteiger partial charge on any atom is -0.330 e. The van der Waals surface area contributed by atoms with Crippen molar-refractivity contribution in [1.82, 2.24) is 4.98 Å². The number of rotatable bonds is 3. The zero-order chi connectivity index (χ0) is 10.7. The Kier molecular flexibility index (Phi) is 2.92. The molecule has 0 aliphatic heterocycles. The average molecular weight is 204 g/mol. The van der Waals surface area contributed by atoms with E-state index < -0.39 is 6.17 Å². The van der Waals surface area contributed by atoms with Gasteiger partial charge in [0.1, 0.15) is 6.17 Å². The van der Waals surface area contributed by atoms with Crippen molar-refractivity contribution < 1.29 is 4.39 Å². The Morgan fingerprint density at radius 1 is 1.33 bits per heavy atom. The van der Waals surface area contributed by atoms with E-state index in [1.807, 2.05) is 24.3 Å². The fourth-order valence-corrected chi connectivity index (χ4v) is 1.72. The van der Waals surface area contributed by atoms with Crippen LogP contribution in [0.15, 0.2) is 36.7 Å². The van der Waals surface area contributed by atoms with Crippen molar-refractivity contribution in [2.24, 2.45) is 5.73 Å². The van der Waals surface area contributed by atoms with Crippen LogP contribution < -0.4 is 5.73 Å². The molecule has 3 heteroatoms. The van der Waals surface area contributed by atoms with E-state index in [9.17, 15) is 4.39 Å². The van der Waals surface area contributed by atoms with E-state index in [4.69, 9.17) is 5.73 Å². The largest absolute Gasteiger partial charge is 0.330 e. The van der Waals surface area contributed by atoms with Gasteiger partial charge in [0.2, 0.25) is 0 Å². The molecule has 1 unspecified atom stereocenters. The Bertz CT molecular complexity index is 451. The van der Waals surface area contributed by atoms with Crippen molar-refractivity contribution in [3.05, 3.63) is 42.2 Å². The topological polar surface area (TPSA) is 38.9 Å². The second-order valence-corrected chi connectivity index (χ2v) is 3.49. The van der Waals surface area contributed by atoms with E-state index in [1.165, 1.54) is 0 Å². The van der Waals surface area contributed by atoms with Crippen molar-refractivity contribution in [3.8, 4) is 0 Å². The van der Waals surface area contributed by atoms with Gasteiger partial charge in [-0.25, -0.2) is 4.39 Å². The van der Waals surface area contributed by atoms with Crippen LogP contribution in [0.2, 0.25) is 0 Å². The van der Waals surface area contributed by atoms with Crippen LogP contribution >= 0.6 is 0 Å². The van der Waals surface area contributed by atoms with Gasteiger partial charge in [-0.3, -0.25) is 4.98 Å². The highest BCUT2D eigenvalue weighted by atomic mass is 19.1. The fourth-order valence-electron chi connectivity index (χ4n) is 1.72. The Morgan fingerprint density at radius 3 is 3.00 bits per heavy atom. The molecular formula is C12H13FN2. The van der Waals surface area contributed by atoms with Gasteiger partial charge in [0.25, 0.3) is 0 Å². The highest BCUT2D eigenvalue weighted by Gasteiger charge is 2.11. The molecule has 1 heterocycles. The summed E-state index contributed by atoms with van der Waals surface area (Å²) in [7, 11) is 0. The second-order valence-electron chi connectivity index (χ2n) is 3.49. The molecule has 2 aromatic rings. The van der Waals surface area contributed by atoms with Gasteiger partial charge < -0.3 is 5.73 Å². The van der Waals surface area contributed by atoms with Gasteiger partial charge in [-0.1, -0.05) is 18.2 Å². The zero-order valence-corrected chi connectivity index (χ0v) is 8.36. The number of halogens is 1. The van der Waals surface area contributed by atoms with E-state index in [1.54, 1.807) is 12.4 Å². The third-order valence-electron chi connectivity index (χ3n) is 2.47. The maximum atomic E-state index is 13.8. The first-order valence-corrected chi connectivity index (χ1v) is 4.99. The van der Waals surface area contributed by atoms with E-state index in [-0.39, 0.29) is 0 Å². The SMILES string of the molecule is NCCC(F)c1cccc2cnccc12. The molecule has 0 amide bonds. The summed E-state index contributed by atoms with van der Waals surface area (Å²) in [6.07, 6.45) is 2.80. The van der Waals surface area contributed by atoms with Crippen LogP contribution in [0.4, 0.5) is 4.39 Å². The van der Waals surface area contributed by atoms with Crippen LogP contribution in [-0.2, 0) is 0 Å². The van der Waals surface area contributed by atoms with Crippen LogP contribution in [0.5, 0.6) is 0 Å². The Balaban J connectivity index is 2.50. The molecule has 2 rings (SSSR count). The molecule has 0 saturated heterocycles. The summed E-state index contributed by atoms with van der Waals surface area (Å²) in [4.78, 5) is 4.01. The molecule has 2 N–H and O–H groups in total. The van der Waals surface area contributed by atoms with Crippen molar-refractivity contribution in [3.63, 3.8) is 0 Å². The lowest BCUT2D eigenvalue weighted by molar-refractivity contribution is 0.330. The molecule has 1 aromatic carbocycles. The minimum absolute atomic E-state index is 0.363. The quantitative estimate of drug-likeness (QED) is 0.834. The van der Waals surface area contributed by atoms with Crippen LogP contribution in [-0.4, -0.2) is 11.5 Å². The molecule has 0 bridgehead atoms. The number of pyridine rings is 1. The van der Waals surface area contributed by atoms with Crippen LogP contribution in [0.25, 0.3) is 10.8 Å². The van der Waals surface area contributed by atoms with Crippen molar-refractivity contribution in [2.45, 2.75) is 12.6 Å². The Morgan fingerprint density at radius 2 is 2.20 bits per heavy atom. The summed E-state index contributed by atoms with van der Waals surface area (Å²) in [6.45, 7) is 0.364. The first-order chi connectivity index (χ1) is 7.33. The molecule has 0 aliphatic carbocycles. The molecule has 0 aliphatic rings. The van der Waals surface area contributed by atoms with E-state index in [0.29, 0.717) is 18.5 Å². The highest BCUT2D eigenvalue weighted by molar-refractivity contribution is 5.85. The van der Waals surface area contributed by atoms with Gasteiger partial charge in [0, 0.05) is 17.8 Å². The maximum absolute atomic E-state index is 13.8. The number of hydrogen-bond acceptors (Lipinski definition) is 2. The molecule has 15 heavy (non-hydrogen) atoms. The van der Waals surface area contributed by atoms with Gasteiger partial charge in [-0.15, -0.1) is 0 Å². The predicted molar refractivity (Wildman–Crippen MR) is 59.3 cm³/mol. The molecule has 0 saturated carbocycles. The van der Waals surface area contributed by atoms with Gasteiger partial charge in [0.05, 0.1) is 0 Å². The lowest BCUT2D eigenvalue weighted by Gasteiger charge is -2.10. The van der Waals surface area contributed by atoms with Crippen molar-refractivity contribution in [1.29, 1.82) is 0 Å². The molecule has 0 fully saturated rings. The summed E-state index contributed by atoms with van der Waals surface area (Å²) in [5.74, 6) is 0. The minimum atomic E-state index is -0.985. The fraction of sp³-hybridized carbons (Fsp3) is 0.250. The Labute approximate surface area is 87.9 Å². The normalized spacial score (nSPS) is 12.9. The van der Waals surface area contributed by atoms with Gasteiger partial charge in [-0.05, 0) is 30.0 Å². The Hall–Kier alpha value is -1.48. The van der Waals surface area contributed by atoms with Crippen LogP contribution in [0.1, 0.15) is 18.2 Å². The number of nitrogens with zero attached hydrogens (tertiary/aromatic N) is 1. The molecule has 1 aromatic heterocycles. The lowest BCUT2D eigenvalue weighted by Crippen LogP contribution is -2.04. The van der Waals surface area contributed by atoms with E-state index in [0.717, 1.165) is 10.8 Å². The third-order valence-corrected chi connectivity index (χ3v) is 2.47. The lowest BCUT2D eigenvalue weighted by atomic mass is 10.0. The molecular weight excluding hydrogens is 191 g/mol. The standard InChI is InChI=1S/C12H13FN2/c13-12(4-6-14)11-3-1-2-9-8-15-7-5-10(9)11/h1-3,5,7-8,12H,4,6,14H2. The van der Waals surface area contributed by atoms with E-state index >= 15 is 0 Å². The number of alkyl halides is 1. The van der Waals surface area contributed by atoms with Gasteiger partial charge in [0.15, 0.2) is 0 Å². The maximum Gasteiger partial charge on any atom is 0.127 e. The highest BCUT2D eigenvalue weighted by Crippen LogP contribution is 2.27.